The first-order valence-corrected chi connectivity index (χ1v) is 9.78. The monoisotopic (exact) mass is 326 g/mol. The predicted octanol–water partition coefficient (Wildman–Crippen LogP) is 4.88. The third-order valence-electron chi connectivity index (χ3n) is 6.83. The van der Waals surface area contributed by atoms with E-state index in [4.69, 9.17) is 14.2 Å². The molecule has 0 spiro atoms. The van der Waals surface area contributed by atoms with Gasteiger partial charge < -0.3 is 14.2 Å². The largest absolute Gasteiger partial charge is 0.375 e. The number of hydrogen-bond acceptors (Lipinski definition) is 3. The molecule has 10 atom stereocenters. The molecule has 0 N–H and O–H groups in total. The van der Waals surface area contributed by atoms with E-state index >= 15 is 0 Å². The predicted molar refractivity (Wildman–Crippen MR) is 94.3 cm³/mol. The zero-order valence-electron chi connectivity index (χ0n) is 16.4. The molecule has 0 bridgehead atoms. The zero-order chi connectivity index (χ0) is 17.3. The van der Waals surface area contributed by atoms with Gasteiger partial charge in [0.2, 0.25) is 0 Å². The van der Waals surface area contributed by atoms with E-state index in [1.165, 1.54) is 0 Å². The van der Waals surface area contributed by atoms with E-state index in [0.717, 1.165) is 12.8 Å². The van der Waals surface area contributed by atoms with Crippen LogP contribution in [0.25, 0.3) is 0 Å². The Bertz CT molecular complexity index is 370. The topological polar surface area (TPSA) is 27.7 Å². The highest BCUT2D eigenvalue weighted by atomic mass is 16.7. The molecular weight excluding hydrogens is 288 g/mol. The van der Waals surface area contributed by atoms with Gasteiger partial charge in [-0.25, -0.2) is 0 Å². The summed E-state index contributed by atoms with van der Waals surface area (Å²) in [6.07, 6.45) is 3.10. The van der Waals surface area contributed by atoms with Crippen molar-refractivity contribution in [1.29, 1.82) is 0 Å². The smallest absolute Gasteiger partial charge is 0.161 e. The SMILES string of the molecule is CCC1OC(OC2C(C)C(C)OC(CC)C2C)C(C)C(C)C1C. The summed E-state index contributed by atoms with van der Waals surface area (Å²) >= 11 is 0. The molecule has 23 heavy (non-hydrogen) atoms. The minimum Gasteiger partial charge on any atom is -0.375 e. The average Bonchev–Trinajstić information content (AvgIpc) is 2.54. The van der Waals surface area contributed by atoms with Gasteiger partial charge in [-0.05, 0) is 31.6 Å². The molecule has 0 saturated carbocycles. The Balaban J connectivity index is 2.11. The maximum atomic E-state index is 6.62. The van der Waals surface area contributed by atoms with Crippen molar-refractivity contribution in [3.05, 3.63) is 0 Å². The lowest BCUT2D eigenvalue weighted by atomic mass is 9.77. The van der Waals surface area contributed by atoms with Crippen LogP contribution in [0.15, 0.2) is 0 Å². The molecule has 0 radical (unpaired) electrons. The Morgan fingerprint density at radius 1 is 0.652 bits per heavy atom. The van der Waals surface area contributed by atoms with Crippen LogP contribution in [0.3, 0.4) is 0 Å². The van der Waals surface area contributed by atoms with Crippen molar-refractivity contribution in [2.75, 3.05) is 0 Å². The molecule has 2 aliphatic heterocycles. The molecule has 0 amide bonds. The van der Waals surface area contributed by atoms with Gasteiger partial charge in [-0.15, -0.1) is 0 Å². The zero-order valence-corrected chi connectivity index (χ0v) is 16.4. The molecule has 2 aliphatic rings. The summed E-state index contributed by atoms with van der Waals surface area (Å²) in [7, 11) is 0. The molecule has 2 rings (SSSR count). The summed E-state index contributed by atoms with van der Waals surface area (Å²) in [5.74, 6) is 2.48. The molecular formula is C20H38O3. The van der Waals surface area contributed by atoms with Gasteiger partial charge in [0.1, 0.15) is 0 Å². The first-order chi connectivity index (χ1) is 10.8. The van der Waals surface area contributed by atoms with Gasteiger partial charge >= 0.3 is 0 Å². The Labute approximate surface area is 143 Å². The number of hydrogen-bond donors (Lipinski definition) is 0. The minimum atomic E-state index is -0.0798. The van der Waals surface area contributed by atoms with Gasteiger partial charge in [-0.1, -0.05) is 48.5 Å². The van der Waals surface area contributed by atoms with Gasteiger partial charge in [0.15, 0.2) is 6.29 Å². The van der Waals surface area contributed by atoms with Crippen molar-refractivity contribution < 1.29 is 14.2 Å². The third kappa shape index (κ3) is 3.77. The first-order valence-electron chi connectivity index (χ1n) is 9.78. The van der Waals surface area contributed by atoms with Gasteiger partial charge in [0.25, 0.3) is 0 Å². The lowest BCUT2D eigenvalue weighted by Gasteiger charge is -2.49. The van der Waals surface area contributed by atoms with Crippen LogP contribution in [0.1, 0.15) is 68.2 Å². The van der Waals surface area contributed by atoms with E-state index in [9.17, 15) is 0 Å². The van der Waals surface area contributed by atoms with Crippen LogP contribution in [-0.4, -0.2) is 30.7 Å². The second kappa shape index (κ2) is 7.84. The van der Waals surface area contributed by atoms with E-state index < -0.39 is 0 Å². The highest BCUT2D eigenvalue weighted by Gasteiger charge is 2.45. The van der Waals surface area contributed by atoms with Crippen molar-refractivity contribution in [3.8, 4) is 0 Å². The van der Waals surface area contributed by atoms with Crippen LogP contribution >= 0.6 is 0 Å². The molecule has 2 saturated heterocycles. The maximum absolute atomic E-state index is 6.62. The molecule has 2 fully saturated rings. The standard InChI is InChI=1S/C20H38O3/c1-9-17-12(4)11(3)13(5)20(22-17)23-19-14(6)16(8)21-18(10-2)15(19)7/h11-20H,9-10H2,1-8H3. The molecule has 0 aromatic heterocycles. The molecule has 0 aromatic rings. The Kier molecular flexibility index (Phi) is 6.55. The summed E-state index contributed by atoms with van der Waals surface area (Å²) in [5, 5.41) is 0. The molecule has 10 unspecified atom stereocenters. The quantitative estimate of drug-likeness (QED) is 0.736. The van der Waals surface area contributed by atoms with E-state index in [-0.39, 0.29) is 18.5 Å². The molecule has 0 aliphatic carbocycles. The van der Waals surface area contributed by atoms with Crippen molar-refractivity contribution in [2.24, 2.45) is 29.6 Å². The molecule has 2 heterocycles. The lowest BCUT2D eigenvalue weighted by molar-refractivity contribution is -0.295. The Hall–Kier alpha value is -0.120. The summed E-state index contributed by atoms with van der Waals surface area (Å²) in [4.78, 5) is 0. The molecule has 136 valence electrons. The highest BCUT2D eigenvalue weighted by Crippen LogP contribution is 2.40. The number of ether oxygens (including phenoxy) is 3. The normalized spacial score (nSPS) is 51.7. The number of rotatable bonds is 4. The highest BCUT2D eigenvalue weighted by molar-refractivity contribution is 4.89. The van der Waals surface area contributed by atoms with Gasteiger partial charge in [-0.2, -0.15) is 0 Å². The summed E-state index contributed by atoms with van der Waals surface area (Å²) in [6.45, 7) is 18.1. The van der Waals surface area contributed by atoms with Crippen molar-refractivity contribution in [2.45, 2.75) is 98.9 Å². The Morgan fingerprint density at radius 2 is 1.22 bits per heavy atom. The molecule has 0 aromatic carbocycles. The first kappa shape index (κ1) is 19.2. The summed E-state index contributed by atoms with van der Waals surface area (Å²) in [5.41, 5.74) is 0. The second-order valence-corrected chi connectivity index (χ2v) is 8.14. The second-order valence-electron chi connectivity index (χ2n) is 8.14. The van der Waals surface area contributed by atoms with Crippen LogP contribution in [0, 0.1) is 29.6 Å². The van der Waals surface area contributed by atoms with Crippen LogP contribution in [-0.2, 0) is 14.2 Å². The van der Waals surface area contributed by atoms with Crippen molar-refractivity contribution >= 4 is 0 Å². The fraction of sp³-hybridized carbons (Fsp3) is 1.00. The van der Waals surface area contributed by atoms with E-state index in [2.05, 4.69) is 55.4 Å². The van der Waals surface area contributed by atoms with Crippen LogP contribution in [0.5, 0.6) is 0 Å². The van der Waals surface area contributed by atoms with E-state index in [1.807, 2.05) is 0 Å². The third-order valence-corrected chi connectivity index (χ3v) is 6.83. The molecule has 3 nitrogen and oxygen atoms in total. The van der Waals surface area contributed by atoms with Crippen LogP contribution in [0.2, 0.25) is 0 Å². The maximum Gasteiger partial charge on any atom is 0.161 e. The van der Waals surface area contributed by atoms with Crippen molar-refractivity contribution in [1.82, 2.24) is 0 Å². The summed E-state index contributed by atoms with van der Waals surface area (Å²) in [6, 6.07) is 0. The fourth-order valence-electron chi connectivity index (χ4n) is 4.46. The minimum absolute atomic E-state index is 0.0798. The van der Waals surface area contributed by atoms with Gasteiger partial charge in [-0.3, -0.25) is 0 Å². The lowest BCUT2D eigenvalue weighted by Crippen LogP contribution is -2.53. The van der Waals surface area contributed by atoms with Gasteiger partial charge in [0, 0.05) is 17.8 Å². The fourth-order valence-corrected chi connectivity index (χ4v) is 4.46. The summed E-state index contributed by atoms with van der Waals surface area (Å²) < 4.78 is 19.2. The van der Waals surface area contributed by atoms with Crippen molar-refractivity contribution in [3.63, 3.8) is 0 Å². The van der Waals surface area contributed by atoms with Gasteiger partial charge in [0.05, 0.1) is 24.4 Å². The van der Waals surface area contributed by atoms with Crippen LogP contribution in [0.4, 0.5) is 0 Å². The average molecular weight is 327 g/mol. The van der Waals surface area contributed by atoms with Crippen LogP contribution < -0.4 is 0 Å². The van der Waals surface area contributed by atoms with E-state index in [1.54, 1.807) is 0 Å². The Morgan fingerprint density at radius 3 is 1.78 bits per heavy atom. The molecule has 3 heteroatoms. The van der Waals surface area contributed by atoms with E-state index in [0.29, 0.717) is 41.8 Å².